The number of hydrogen-bond acceptors (Lipinski definition) is 3. The van der Waals surface area contributed by atoms with E-state index in [4.69, 9.17) is 4.98 Å². The standard InChI is InChI=1S/C28H23N5/c1-3-18-6-4-7-19(14-18)21-8-5-9-25-26(21)31-28(30-25)27-22-15-20(10-11-24(22)32-33-27)23-16-29-13-12-17(23)2/h4-16H,3H2,1-2H3,(H,30,31)(H,32,33). The highest BCUT2D eigenvalue weighted by molar-refractivity contribution is 5.98. The summed E-state index contributed by atoms with van der Waals surface area (Å²) in [6.45, 7) is 4.28. The zero-order valence-corrected chi connectivity index (χ0v) is 18.6. The highest BCUT2D eigenvalue weighted by Crippen LogP contribution is 2.33. The summed E-state index contributed by atoms with van der Waals surface area (Å²) < 4.78 is 0. The third-order valence-electron chi connectivity index (χ3n) is 6.30. The van der Waals surface area contributed by atoms with E-state index in [2.05, 4.69) is 94.7 Å². The van der Waals surface area contributed by atoms with Crippen molar-refractivity contribution in [3.8, 4) is 33.8 Å². The van der Waals surface area contributed by atoms with Crippen LogP contribution in [0.15, 0.2) is 79.1 Å². The van der Waals surface area contributed by atoms with Crippen molar-refractivity contribution in [2.24, 2.45) is 0 Å². The molecule has 0 aliphatic carbocycles. The van der Waals surface area contributed by atoms with Crippen molar-refractivity contribution in [2.45, 2.75) is 20.3 Å². The van der Waals surface area contributed by atoms with E-state index in [1.54, 1.807) is 0 Å². The van der Waals surface area contributed by atoms with Crippen LogP contribution in [0.25, 0.3) is 55.7 Å². The number of imidazole rings is 1. The van der Waals surface area contributed by atoms with Gasteiger partial charge in [-0.05, 0) is 59.9 Å². The predicted molar refractivity (Wildman–Crippen MR) is 134 cm³/mol. The maximum atomic E-state index is 5.01. The summed E-state index contributed by atoms with van der Waals surface area (Å²) in [5.41, 5.74) is 10.8. The largest absolute Gasteiger partial charge is 0.337 e. The molecule has 0 saturated carbocycles. The number of H-pyrrole nitrogens is 2. The molecular formula is C28H23N5. The fourth-order valence-electron chi connectivity index (χ4n) is 4.46. The second-order valence-corrected chi connectivity index (χ2v) is 8.36. The second-order valence-electron chi connectivity index (χ2n) is 8.36. The SMILES string of the molecule is CCc1cccc(-c2cccc3[nH]c(-c4n[nH]c5ccc(-c6cnccc6C)cc45)nc23)c1. The third kappa shape index (κ3) is 3.29. The molecule has 0 amide bonds. The van der Waals surface area contributed by atoms with Gasteiger partial charge >= 0.3 is 0 Å². The number of benzene rings is 3. The van der Waals surface area contributed by atoms with Gasteiger partial charge < -0.3 is 4.98 Å². The second kappa shape index (κ2) is 7.71. The van der Waals surface area contributed by atoms with Crippen LogP contribution >= 0.6 is 0 Å². The molecule has 0 atom stereocenters. The summed E-state index contributed by atoms with van der Waals surface area (Å²) in [6.07, 6.45) is 4.74. The Balaban J connectivity index is 1.50. The summed E-state index contributed by atoms with van der Waals surface area (Å²) in [5.74, 6) is 0.760. The van der Waals surface area contributed by atoms with E-state index >= 15 is 0 Å². The fraction of sp³-hybridized carbons (Fsp3) is 0.107. The first-order valence-electron chi connectivity index (χ1n) is 11.2. The lowest BCUT2D eigenvalue weighted by molar-refractivity contribution is 1.11. The monoisotopic (exact) mass is 429 g/mol. The van der Waals surface area contributed by atoms with Crippen molar-refractivity contribution in [1.29, 1.82) is 0 Å². The van der Waals surface area contributed by atoms with Gasteiger partial charge in [-0.3, -0.25) is 10.1 Å². The highest BCUT2D eigenvalue weighted by Gasteiger charge is 2.16. The summed E-state index contributed by atoms with van der Waals surface area (Å²) >= 11 is 0. The molecule has 160 valence electrons. The predicted octanol–water partition coefficient (Wildman–Crippen LogP) is 6.71. The molecule has 0 radical (unpaired) electrons. The Hall–Kier alpha value is -4.25. The average Bonchev–Trinajstić information content (AvgIpc) is 3.47. The number of hydrogen-bond donors (Lipinski definition) is 2. The van der Waals surface area contributed by atoms with Gasteiger partial charge in [-0.2, -0.15) is 5.10 Å². The van der Waals surface area contributed by atoms with Gasteiger partial charge in [-0.1, -0.05) is 49.4 Å². The topological polar surface area (TPSA) is 70.2 Å². The number of pyridine rings is 1. The van der Waals surface area contributed by atoms with Crippen molar-refractivity contribution in [3.05, 3.63) is 90.3 Å². The molecule has 5 nitrogen and oxygen atoms in total. The van der Waals surface area contributed by atoms with Crippen LogP contribution < -0.4 is 0 Å². The van der Waals surface area contributed by atoms with Crippen molar-refractivity contribution in [1.82, 2.24) is 25.1 Å². The summed E-state index contributed by atoms with van der Waals surface area (Å²) in [5, 5.41) is 8.81. The molecule has 0 aliphatic heterocycles. The van der Waals surface area contributed by atoms with Gasteiger partial charge in [-0.25, -0.2) is 4.98 Å². The fourth-order valence-corrected chi connectivity index (χ4v) is 4.46. The Morgan fingerprint density at radius 3 is 2.61 bits per heavy atom. The molecule has 3 aromatic heterocycles. The number of para-hydroxylation sites is 1. The molecule has 0 bridgehead atoms. The van der Waals surface area contributed by atoms with E-state index in [0.29, 0.717) is 0 Å². The Labute approximate surface area is 191 Å². The Morgan fingerprint density at radius 2 is 1.73 bits per heavy atom. The first kappa shape index (κ1) is 19.4. The Bertz CT molecular complexity index is 1620. The minimum Gasteiger partial charge on any atom is -0.337 e. The maximum absolute atomic E-state index is 5.01. The van der Waals surface area contributed by atoms with Gasteiger partial charge in [0.2, 0.25) is 0 Å². The number of fused-ring (bicyclic) bond motifs is 2. The van der Waals surface area contributed by atoms with Crippen LogP contribution in [0, 0.1) is 6.92 Å². The molecule has 0 fully saturated rings. The third-order valence-corrected chi connectivity index (χ3v) is 6.30. The average molecular weight is 430 g/mol. The Kier molecular flexibility index (Phi) is 4.54. The molecule has 33 heavy (non-hydrogen) atoms. The van der Waals surface area contributed by atoms with Crippen LogP contribution in [-0.4, -0.2) is 25.1 Å². The molecular weight excluding hydrogens is 406 g/mol. The van der Waals surface area contributed by atoms with Crippen LogP contribution in [0.2, 0.25) is 0 Å². The van der Waals surface area contributed by atoms with E-state index in [9.17, 15) is 0 Å². The molecule has 0 aliphatic rings. The zero-order chi connectivity index (χ0) is 22.4. The minimum atomic E-state index is 0.760. The lowest BCUT2D eigenvalue weighted by Gasteiger charge is -2.05. The number of aromatic amines is 2. The summed E-state index contributed by atoms with van der Waals surface area (Å²) in [4.78, 5) is 12.8. The highest BCUT2D eigenvalue weighted by atomic mass is 15.1. The van der Waals surface area contributed by atoms with Crippen LogP contribution in [0.1, 0.15) is 18.1 Å². The van der Waals surface area contributed by atoms with Gasteiger partial charge in [0, 0.05) is 28.9 Å². The molecule has 0 unspecified atom stereocenters. The smallest absolute Gasteiger partial charge is 0.159 e. The zero-order valence-electron chi connectivity index (χ0n) is 18.6. The normalized spacial score (nSPS) is 11.5. The van der Waals surface area contributed by atoms with Crippen LogP contribution in [-0.2, 0) is 6.42 Å². The summed E-state index contributed by atoms with van der Waals surface area (Å²) in [6, 6.07) is 23.3. The molecule has 0 spiro atoms. The number of aryl methyl sites for hydroxylation is 2. The van der Waals surface area contributed by atoms with E-state index in [1.165, 1.54) is 16.7 Å². The van der Waals surface area contributed by atoms with Crippen molar-refractivity contribution in [3.63, 3.8) is 0 Å². The van der Waals surface area contributed by atoms with Crippen LogP contribution in [0.5, 0.6) is 0 Å². The number of nitrogens with one attached hydrogen (secondary N) is 2. The van der Waals surface area contributed by atoms with Gasteiger partial charge in [0.25, 0.3) is 0 Å². The van der Waals surface area contributed by atoms with E-state index < -0.39 is 0 Å². The lowest BCUT2D eigenvalue weighted by atomic mass is 10.0. The lowest BCUT2D eigenvalue weighted by Crippen LogP contribution is -1.86. The van der Waals surface area contributed by atoms with Crippen LogP contribution in [0.3, 0.4) is 0 Å². The van der Waals surface area contributed by atoms with Crippen molar-refractivity contribution in [2.75, 3.05) is 0 Å². The quantitative estimate of drug-likeness (QED) is 0.327. The van der Waals surface area contributed by atoms with Crippen molar-refractivity contribution < 1.29 is 0 Å². The molecule has 3 heterocycles. The number of rotatable bonds is 4. The van der Waals surface area contributed by atoms with E-state index in [1.807, 2.05) is 18.5 Å². The first-order chi connectivity index (χ1) is 16.2. The van der Waals surface area contributed by atoms with Gasteiger partial charge in [0.1, 0.15) is 5.69 Å². The van der Waals surface area contributed by atoms with E-state index in [-0.39, 0.29) is 0 Å². The molecule has 6 rings (SSSR count). The maximum Gasteiger partial charge on any atom is 0.159 e. The van der Waals surface area contributed by atoms with E-state index in [0.717, 1.165) is 56.6 Å². The summed E-state index contributed by atoms with van der Waals surface area (Å²) in [7, 11) is 0. The van der Waals surface area contributed by atoms with Gasteiger partial charge in [0.15, 0.2) is 5.82 Å². The van der Waals surface area contributed by atoms with Crippen LogP contribution in [0.4, 0.5) is 0 Å². The first-order valence-corrected chi connectivity index (χ1v) is 11.2. The molecule has 2 N–H and O–H groups in total. The molecule has 0 saturated heterocycles. The van der Waals surface area contributed by atoms with Crippen molar-refractivity contribution >= 4 is 21.9 Å². The van der Waals surface area contributed by atoms with Gasteiger partial charge in [-0.15, -0.1) is 0 Å². The number of nitrogens with zero attached hydrogens (tertiary/aromatic N) is 3. The molecule has 6 aromatic rings. The molecule has 3 aromatic carbocycles. The minimum absolute atomic E-state index is 0.760. The Morgan fingerprint density at radius 1 is 0.848 bits per heavy atom. The molecule has 5 heteroatoms. The number of aromatic nitrogens is 5. The van der Waals surface area contributed by atoms with Gasteiger partial charge in [0.05, 0.1) is 16.6 Å².